The van der Waals surface area contributed by atoms with Gasteiger partial charge in [-0.15, -0.1) is 0 Å². The maximum atomic E-state index is 12.0. The second-order valence-electron chi connectivity index (χ2n) is 4.62. The van der Waals surface area contributed by atoms with E-state index in [1.807, 2.05) is 0 Å². The summed E-state index contributed by atoms with van der Waals surface area (Å²) in [5, 5.41) is 4.83. The second-order valence-corrected chi connectivity index (χ2v) is 8.09. The Morgan fingerprint density at radius 1 is 1.32 bits per heavy atom. The topological polar surface area (TPSA) is 110 Å². The zero-order chi connectivity index (χ0) is 14.5. The Kier molecular flexibility index (Phi) is 6.12. The van der Waals surface area contributed by atoms with Crippen molar-refractivity contribution >= 4 is 20.2 Å². The number of nitrogens with two attached hydrogens (primary N) is 1. The lowest BCUT2D eigenvalue weighted by molar-refractivity contribution is 0.267. The molecule has 1 saturated heterocycles. The Morgan fingerprint density at radius 3 is 2.58 bits per heavy atom. The number of sulfonamides is 1. The normalized spacial score (nSPS) is 22.5. The number of alkyl halides is 1. The van der Waals surface area contributed by atoms with Crippen molar-refractivity contribution in [3.8, 4) is 0 Å². The van der Waals surface area contributed by atoms with Gasteiger partial charge in [0.2, 0.25) is 10.0 Å². The van der Waals surface area contributed by atoms with Crippen LogP contribution in [0.25, 0.3) is 0 Å². The Hall–Kier alpha value is -0.290. The largest absolute Gasteiger partial charge is 0.274 e. The molecule has 0 bridgehead atoms. The van der Waals surface area contributed by atoms with Crippen molar-refractivity contribution < 1.29 is 21.2 Å². The maximum Gasteiger partial charge on any atom is 0.274 e. The standard InChI is InChI=1S/C9H20FN3O4S2/c10-4-2-6-18(14,15)13-5-1-3-9(8-13)7-12-19(11,16)17/h9,12H,1-8H2,(H2,11,16,17). The van der Waals surface area contributed by atoms with Crippen LogP contribution >= 0.6 is 0 Å². The Balaban J connectivity index is 2.54. The van der Waals surface area contributed by atoms with Gasteiger partial charge in [0.25, 0.3) is 10.2 Å². The van der Waals surface area contributed by atoms with Crippen molar-refractivity contribution in [2.24, 2.45) is 11.1 Å². The quantitative estimate of drug-likeness (QED) is 0.639. The van der Waals surface area contributed by atoms with Gasteiger partial charge in [-0.2, -0.15) is 8.42 Å². The van der Waals surface area contributed by atoms with Gasteiger partial charge in [0.05, 0.1) is 12.4 Å². The molecular weight excluding hydrogens is 297 g/mol. The van der Waals surface area contributed by atoms with E-state index in [1.165, 1.54) is 4.31 Å². The zero-order valence-corrected chi connectivity index (χ0v) is 12.2. The van der Waals surface area contributed by atoms with Gasteiger partial charge in [-0.1, -0.05) is 0 Å². The molecule has 0 aromatic rings. The van der Waals surface area contributed by atoms with E-state index in [1.54, 1.807) is 0 Å². The minimum atomic E-state index is -3.76. The molecule has 0 spiro atoms. The van der Waals surface area contributed by atoms with E-state index in [0.29, 0.717) is 13.0 Å². The molecule has 7 nitrogen and oxygen atoms in total. The summed E-state index contributed by atoms with van der Waals surface area (Å²) in [6.07, 6.45) is 1.38. The summed E-state index contributed by atoms with van der Waals surface area (Å²) < 4.78 is 60.9. The Labute approximate surface area is 113 Å². The lowest BCUT2D eigenvalue weighted by atomic mass is 10.0. The number of halogens is 1. The van der Waals surface area contributed by atoms with Gasteiger partial charge < -0.3 is 0 Å². The third-order valence-corrected chi connectivity index (χ3v) is 5.48. The second kappa shape index (κ2) is 6.93. The minimum absolute atomic E-state index is 0.0150. The van der Waals surface area contributed by atoms with E-state index in [-0.39, 0.29) is 31.2 Å². The summed E-state index contributed by atoms with van der Waals surface area (Å²) in [6.45, 7) is 0.106. The predicted molar refractivity (Wildman–Crippen MR) is 69.8 cm³/mol. The van der Waals surface area contributed by atoms with Gasteiger partial charge in [-0.05, 0) is 25.2 Å². The molecule has 0 radical (unpaired) electrons. The van der Waals surface area contributed by atoms with Crippen LogP contribution < -0.4 is 9.86 Å². The highest BCUT2D eigenvalue weighted by Gasteiger charge is 2.28. The molecular formula is C9H20FN3O4S2. The van der Waals surface area contributed by atoms with Crippen LogP contribution in [0.5, 0.6) is 0 Å². The van der Waals surface area contributed by atoms with Crippen molar-refractivity contribution in [3.05, 3.63) is 0 Å². The van der Waals surface area contributed by atoms with Crippen LogP contribution in [0.2, 0.25) is 0 Å². The third kappa shape index (κ3) is 6.13. The molecule has 1 atom stereocenters. The third-order valence-electron chi connectivity index (χ3n) is 2.98. The molecule has 0 aliphatic carbocycles. The number of hydrogen-bond donors (Lipinski definition) is 2. The van der Waals surface area contributed by atoms with Gasteiger partial charge >= 0.3 is 0 Å². The van der Waals surface area contributed by atoms with Crippen LogP contribution in [0.1, 0.15) is 19.3 Å². The highest BCUT2D eigenvalue weighted by Crippen LogP contribution is 2.19. The number of nitrogens with one attached hydrogen (secondary N) is 1. The number of piperidine rings is 1. The first-order valence-corrected chi connectivity index (χ1v) is 9.21. The molecule has 1 unspecified atom stereocenters. The Morgan fingerprint density at radius 2 is 2.00 bits per heavy atom. The summed E-state index contributed by atoms with van der Waals surface area (Å²) >= 11 is 0. The summed E-state index contributed by atoms with van der Waals surface area (Å²) in [7, 11) is -7.21. The molecule has 1 aliphatic rings. The Bertz CT molecular complexity index is 480. The van der Waals surface area contributed by atoms with Crippen LogP contribution in [-0.2, 0) is 20.2 Å². The summed E-state index contributed by atoms with van der Waals surface area (Å²) in [4.78, 5) is 0. The number of nitrogens with zero attached hydrogens (tertiary/aromatic N) is 1. The lowest BCUT2D eigenvalue weighted by Crippen LogP contribution is -2.45. The van der Waals surface area contributed by atoms with Crippen molar-refractivity contribution in [2.45, 2.75) is 19.3 Å². The molecule has 0 aromatic heterocycles. The van der Waals surface area contributed by atoms with E-state index in [9.17, 15) is 21.2 Å². The predicted octanol–water partition coefficient (Wildman–Crippen LogP) is -0.819. The lowest BCUT2D eigenvalue weighted by Gasteiger charge is -2.31. The van der Waals surface area contributed by atoms with Crippen molar-refractivity contribution in [3.63, 3.8) is 0 Å². The molecule has 3 N–H and O–H groups in total. The monoisotopic (exact) mass is 317 g/mol. The molecule has 0 amide bonds. The fraction of sp³-hybridized carbons (Fsp3) is 1.00. The molecule has 0 saturated carbocycles. The molecule has 1 fully saturated rings. The average molecular weight is 317 g/mol. The van der Waals surface area contributed by atoms with Crippen LogP contribution in [-0.4, -0.2) is 53.2 Å². The first kappa shape index (κ1) is 16.8. The molecule has 1 aliphatic heterocycles. The van der Waals surface area contributed by atoms with Crippen LogP contribution in [0.3, 0.4) is 0 Å². The van der Waals surface area contributed by atoms with Gasteiger partial charge in [0, 0.05) is 19.6 Å². The van der Waals surface area contributed by atoms with E-state index >= 15 is 0 Å². The minimum Gasteiger partial charge on any atom is -0.251 e. The van der Waals surface area contributed by atoms with Crippen molar-refractivity contribution in [2.75, 3.05) is 32.1 Å². The summed E-state index contributed by atoms with van der Waals surface area (Å²) in [6, 6.07) is 0. The van der Waals surface area contributed by atoms with E-state index < -0.39 is 26.9 Å². The first-order chi connectivity index (χ1) is 8.74. The fourth-order valence-corrected chi connectivity index (χ4v) is 4.09. The van der Waals surface area contributed by atoms with E-state index in [4.69, 9.17) is 5.14 Å². The highest BCUT2D eigenvalue weighted by molar-refractivity contribution is 7.89. The van der Waals surface area contributed by atoms with E-state index in [2.05, 4.69) is 4.72 Å². The van der Waals surface area contributed by atoms with Gasteiger partial charge in [0.15, 0.2) is 0 Å². The smallest absolute Gasteiger partial charge is 0.251 e. The maximum absolute atomic E-state index is 12.0. The van der Waals surface area contributed by atoms with Gasteiger partial charge in [0.1, 0.15) is 0 Å². The number of hydrogen-bond acceptors (Lipinski definition) is 4. The summed E-state index contributed by atoms with van der Waals surface area (Å²) in [5.41, 5.74) is 0. The van der Waals surface area contributed by atoms with Crippen molar-refractivity contribution in [1.29, 1.82) is 0 Å². The highest BCUT2D eigenvalue weighted by atomic mass is 32.2. The molecule has 0 aromatic carbocycles. The summed E-state index contributed by atoms with van der Waals surface area (Å²) in [5.74, 6) is -0.314. The van der Waals surface area contributed by atoms with Crippen LogP contribution in [0.4, 0.5) is 4.39 Å². The average Bonchev–Trinajstić information content (AvgIpc) is 2.33. The van der Waals surface area contributed by atoms with Crippen LogP contribution in [0, 0.1) is 5.92 Å². The fourth-order valence-electron chi connectivity index (χ4n) is 2.05. The van der Waals surface area contributed by atoms with Crippen LogP contribution in [0.15, 0.2) is 0 Å². The molecule has 1 rings (SSSR count). The molecule has 19 heavy (non-hydrogen) atoms. The van der Waals surface area contributed by atoms with Gasteiger partial charge in [-0.25, -0.2) is 22.6 Å². The van der Waals surface area contributed by atoms with E-state index in [0.717, 1.165) is 6.42 Å². The SMILES string of the molecule is NS(=O)(=O)NCC1CCCN(S(=O)(=O)CCCF)C1. The van der Waals surface area contributed by atoms with Gasteiger partial charge in [-0.3, -0.25) is 4.39 Å². The first-order valence-electron chi connectivity index (χ1n) is 6.06. The zero-order valence-electron chi connectivity index (χ0n) is 10.6. The molecule has 1 heterocycles. The molecule has 10 heteroatoms. The van der Waals surface area contributed by atoms with Crippen molar-refractivity contribution in [1.82, 2.24) is 9.03 Å². The number of rotatable bonds is 7. The molecule has 114 valence electrons.